The molecule has 15 atom stereocenters. The molecule has 9 rings (SSSR count). The van der Waals surface area contributed by atoms with E-state index in [1.807, 2.05) is 42.1 Å². The predicted octanol–water partition coefficient (Wildman–Crippen LogP) is 4.82. The Hall–Kier alpha value is -3.94. The first kappa shape index (κ1) is 71.1. The van der Waals surface area contributed by atoms with Crippen LogP contribution < -0.4 is 22.9 Å². The van der Waals surface area contributed by atoms with E-state index < -0.39 is 76.0 Å². The van der Waals surface area contributed by atoms with E-state index in [9.17, 15) is 25.5 Å². The normalized spacial score (nSPS) is 33.5. The van der Waals surface area contributed by atoms with Crippen LogP contribution in [0.2, 0.25) is 0 Å². The smallest absolute Gasteiger partial charge is 0.165 e. The van der Waals surface area contributed by atoms with E-state index in [0.717, 1.165) is 61.5 Å². The van der Waals surface area contributed by atoms with Gasteiger partial charge < -0.3 is 87.0 Å². The van der Waals surface area contributed by atoms with E-state index in [0.29, 0.717) is 53.2 Å². The number of aliphatic imine (C=N–C) groups is 4. The summed E-state index contributed by atoms with van der Waals surface area (Å²) >= 11 is 3.53. The number of fused-ring (bicyclic) bond motifs is 2. The Morgan fingerprint density at radius 1 is 0.616 bits per heavy atom. The molecule has 4 fully saturated rings. The summed E-state index contributed by atoms with van der Waals surface area (Å²) in [5.74, 6) is 3.70. The van der Waals surface area contributed by atoms with Crippen molar-refractivity contribution < 1.29 is 44.5 Å². The standard InChI is InChI=1S/C16H26N3O3P.C15H26N3O2P.C15H24N3O2P.C14H23BrN3O2P/c1-10-8-19(11(2)18-14(10)17)15-12-13(20)16(22-15,9-21-12)6-7-23(3,4)5;1-10-14(19)12(7-9-21(3,4)5)20-15(10)18-8-6-13(16)17-11(18)2;1-10-17-13(16)5-7-18(10)12-9-11(14(19)15(12)20)6-8-21(2,3)4;1-9-17-11(16)5-7-18(9)14-12(15)13(19)10(20-14)6-8-21(2,3)4/h8,12-13,15,20H,2-3,6-7,9H2,1,4-5H3,(H2,17,18);6,8,10,12,14-15,19H,2-3,7,9H2,1,4-5H3,(H2,16,17);5,7,9,12,14-15,19-20H,1-2,6,8H2,3-4H3,(H2,16,17);5,7,10,12-14,19H,1-2,6,8H2,3-4H3,(H2,16,17)/t12-,13+,15-,16+;10-,12-,14+,15-;12-,14-,15+;10-,12-,13-,14-/m1111/s1. The van der Waals surface area contributed by atoms with Crippen molar-refractivity contribution in [2.45, 2.75) is 124 Å². The van der Waals surface area contributed by atoms with Crippen LogP contribution in [-0.4, -0.2) is 262 Å². The van der Waals surface area contributed by atoms with Crippen LogP contribution in [-0.2, 0) is 18.9 Å². The lowest BCUT2D eigenvalue weighted by molar-refractivity contribution is -0.181. The van der Waals surface area contributed by atoms with Crippen LogP contribution in [0.5, 0.6) is 0 Å². The quantitative estimate of drug-likeness (QED) is 0.0568. The molecule has 4 saturated heterocycles. The van der Waals surface area contributed by atoms with Crippen molar-refractivity contribution in [3.05, 3.63) is 110 Å². The average molecular weight is 1340 g/mol. The number of rotatable bonds is 16. The summed E-state index contributed by atoms with van der Waals surface area (Å²) in [5.41, 5.74) is 23.8. The molecule has 13 N–H and O–H groups in total. The van der Waals surface area contributed by atoms with Crippen LogP contribution >= 0.6 is 43.5 Å². The zero-order valence-corrected chi connectivity index (χ0v) is 57.3. The molecular weight excluding hydrogens is 1240 g/mol. The Bertz CT molecular complexity index is 2970. The van der Waals surface area contributed by atoms with E-state index in [1.165, 1.54) is 0 Å². The highest BCUT2D eigenvalue weighted by molar-refractivity contribution is 9.09. The van der Waals surface area contributed by atoms with Gasteiger partial charge >= 0.3 is 0 Å². The molecule has 26 heteroatoms. The number of hydrogen-bond donors (Lipinski definition) is 9. The fourth-order valence-corrected chi connectivity index (χ4v) is 15.2. The van der Waals surface area contributed by atoms with Gasteiger partial charge in [0.05, 0.1) is 41.9 Å². The molecule has 0 radical (unpaired) electrons. The van der Waals surface area contributed by atoms with Crippen molar-refractivity contribution >= 4 is 92.0 Å². The minimum atomic E-state index is -1.19. The van der Waals surface area contributed by atoms with Gasteiger partial charge in [-0.3, -0.25) is 0 Å². The van der Waals surface area contributed by atoms with Crippen LogP contribution in [0.25, 0.3) is 0 Å². The van der Waals surface area contributed by atoms with Crippen molar-refractivity contribution in [2.75, 3.05) is 84.6 Å². The topological polar surface area (TPSA) is 305 Å². The summed E-state index contributed by atoms with van der Waals surface area (Å²) in [7, 11) is 0. The number of aliphatic hydroxyl groups is 5. The monoisotopic (exact) mass is 1330 g/mol. The van der Waals surface area contributed by atoms with Gasteiger partial charge in [0, 0.05) is 36.3 Å². The van der Waals surface area contributed by atoms with Crippen LogP contribution in [0.3, 0.4) is 0 Å². The van der Waals surface area contributed by atoms with E-state index >= 15 is 0 Å². The molecular formula is C60H99BrN12O9P4. The van der Waals surface area contributed by atoms with Gasteiger partial charge in [0.1, 0.15) is 82.9 Å². The second kappa shape index (κ2) is 28.5. The molecule has 0 unspecified atom stereocenters. The number of alkyl halides is 1. The van der Waals surface area contributed by atoms with E-state index in [-0.39, 0.29) is 41.5 Å². The van der Waals surface area contributed by atoms with Gasteiger partial charge in [-0.2, -0.15) is 0 Å². The second-order valence-corrected chi connectivity index (χ2v) is 44.6. The Kier molecular flexibility index (Phi) is 23.6. The molecule has 0 aromatic heterocycles. The van der Waals surface area contributed by atoms with Gasteiger partial charge in [-0.25, -0.2) is 20.0 Å². The Morgan fingerprint density at radius 2 is 1.07 bits per heavy atom. The Balaban J connectivity index is 0.000000184. The van der Waals surface area contributed by atoms with Crippen molar-refractivity contribution in [2.24, 2.45) is 48.8 Å². The predicted molar refractivity (Wildman–Crippen MR) is 372 cm³/mol. The lowest BCUT2D eigenvalue weighted by Crippen LogP contribution is -2.46. The third kappa shape index (κ3) is 18.4. The zero-order valence-electron chi connectivity index (χ0n) is 52.1. The molecule has 0 aromatic carbocycles. The number of halogens is 1. The summed E-state index contributed by atoms with van der Waals surface area (Å²) in [6.45, 7) is 32.7. The van der Waals surface area contributed by atoms with Crippen molar-refractivity contribution in [1.82, 2.24) is 19.6 Å². The molecule has 0 saturated carbocycles. The van der Waals surface area contributed by atoms with Crippen LogP contribution in [0.1, 0.15) is 39.5 Å². The number of hydrogen-bond acceptors (Lipinski definition) is 21. The van der Waals surface area contributed by atoms with Gasteiger partial charge in [-0.1, -0.05) is 55.2 Å². The average Bonchev–Trinajstić information content (AvgIpc) is 1.83. The first-order valence-corrected chi connectivity index (χ1v) is 41.9. The van der Waals surface area contributed by atoms with E-state index in [4.69, 9.17) is 41.9 Å². The largest absolute Gasteiger partial charge is 0.390 e. The first-order chi connectivity index (χ1) is 39.7. The highest BCUT2D eigenvalue weighted by Gasteiger charge is 2.62. The number of nitrogens with zero attached hydrogens (tertiary/aromatic N) is 8. The Morgan fingerprint density at radius 3 is 1.56 bits per heavy atom. The van der Waals surface area contributed by atoms with Crippen LogP contribution in [0.4, 0.5) is 0 Å². The molecule has 86 heavy (non-hydrogen) atoms. The van der Waals surface area contributed by atoms with E-state index in [2.05, 4.69) is 141 Å². The number of ether oxygens (including phenoxy) is 4. The SMILES string of the molecule is C=C1N=C(N)C(C)=CN1[C@@H]1O[C@@]2(CCP(=C)(C)C)CO[C@@H]1[C@@H]2O.C=C1N=C(N)C=CN1[C@@H]1C=C(CCP(=C)(C)C)[C@@H](O)[C@H]1O.C=C1N=C(N)C=CN1[C@@H]1O[C@H](CCP(=C)(C)C)[C@@H](O)[C@H]1Br.C=C1N=C(N)C=CN1[C@@H]1O[C@H](CCP(=C)(C)C)[C@@H](O)[C@H]1C. The molecule has 0 amide bonds. The third-order valence-corrected chi connectivity index (χ3v) is 22.7. The molecule has 480 valence electrons. The number of aliphatic hydroxyl groups excluding tert-OH is 5. The maximum atomic E-state index is 10.7. The summed E-state index contributed by atoms with van der Waals surface area (Å²) in [6, 6.07) is -0.359. The van der Waals surface area contributed by atoms with Gasteiger partial charge in [0.15, 0.2) is 12.5 Å². The molecule has 8 heterocycles. The highest BCUT2D eigenvalue weighted by Crippen LogP contribution is 2.49. The van der Waals surface area contributed by atoms with Crippen molar-refractivity contribution in [3.8, 4) is 0 Å². The molecule has 1 aliphatic carbocycles. The fourth-order valence-electron chi connectivity index (χ4n) is 10.7. The molecule has 9 aliphatic rings. The summed E-state index contributed by atoms with van der Waals surface area (Å²) < 4.78 is 24.2. The van der Waals surface area contributed by atoms with Crippen molar-refractivity contribution in [3.63, 3.8) is 0 Å². The van der Waals surface area contributed by atoms with Crippen molar-refractivity contribution in [1.29, 1.82) is 0 Å². The van der Waals surface area contributed by atoms with Gasteiger partial charge in [0.2, 0.25) is 0 Å². The molecule has 2 bridgehead atoms. The second-order valence-electron chi connectivity index (χ2n) is 26.3. The minimum Gasteiger partial charge on any atom is -0.390 e. The molecule has 0 aromatic rings. The minimum absolute atomic E-state index is 0.0165. The van der Waals surface area contributed by atoms with Gasteiger partial charge in [0.25, 0.3) is 0 Å². The fraction of sp³-hybridized carbons (Fsp3) is 0.567. The first-order valence-electron chi connectivity index (χ1n) is 28.7. The Labute approximate surface area is 520 Å². The molecule has 21 nitrogen and oxygen atoms in total. The lowest BCUT2D eigenvalue weighted by Gasteiger charge is -2.37. The van der Waals surface area contributed by atoms with Gasteiger partial charge in [-0.05, 0) is 134 Å². The summed E-state index contributed by atoms with van der Waals surface area (Å²) in [6.07, 6.45) is 32.9. The van der Waals surface area contributed by atoms with Crippen LogP contribution in [0, 0.1) is 5.92 Å². The number of nitrogens with two attached hydrogens (primary N) is 4. The maximum absolute atomic E-state index is 10.7. The highest BCUT2D eigenvalue weighted by atomic mass is 79.9. The lowest BCUT2D eigenvalue weighted by atomic mass is 9.96. The third-order valence-electron chi connectivity index (χ3n) is 15.9. The molecule has 8 aliphatic heterocycles. The summed E-state index contributed by atoms with van der Waals surface area (Å²) in [4.78, 5) is 23.6. The summed E-state index contributed by atoms with van der Waals surface area (Å²) in [5, 5.41) is 52.0. The number of amidine groups is 4. The van der Waals surface area contributed by atoms with Crippen LogP contribution in [0.15, 0.2) is 130 Å². The zero-order chi connectivity index (χ0) is 64.3. The maximum Gasteiger partial charge on any atom is 0.165 e. The molecule has 0 spiro atoms. The van der Waals surface area contributed by atoms with Gasteiger partial charge in [-0.15, -0.1) is 52.7 Å². The van der Waals surface area contributed by atoms with E-state index in [1.54, 1.807) is 40.4 Å².